The van der Waals surface area contributed by atoms with Crippen LogP contribution in [0.3, 0.4) is 0 Å². The smallest absolute Gasteiger partial charge is 0.120 e. The minimum atomic E-state index is 0. The molecule has 23 heavy (non-hydrogen) atoms. The van der Waals surface area contributed by atoms with Gasteiger partial charge in [-0.1, -0.05) is 6.92 Å². The first-order chi connectivity index (χ1) is 10.8. The molecule has 1 aliphatic heterocycles. The molecule has 0 aliphatic carbocycles. The summed E-state index contributed by atoms with van der Waals surface area (Å²) < 4.78 is 6.52. The summed E-state index contributed by atoms with van der Waals surface area (Å²) >= 11 is 1.79. The number of hydrogen-bond acceptors (Lipinski definition) is 5. The van der Waals surface area contributed by atoms with Crippen LogP contribution < -0.4 is 10.1 Å². The van der Waals surface area contributed by atoms with Gasteiger partial charge in [0.2, 0.25) is 0 Å². The molecule has 1 saturated heterocycles. The van der Waals surface area contributed by atoms with Gasteiger partial charge in [-0.25, -0.2) is 4.98 Å². The summed E-state index contributed by atoms with van der Waals surface area (Å²) in [6.07, 6.45) is 3.81. The summed E-state index contributed by atoms with van der Waals surface area (Å²) in [6, 6.07) is 6.81. The molecule has 0 radical (unpaired) electrons. The first-order valence-electron chi connectivity index (χ1n) is 8.18. The van der Waals surface area contributed by atoms with Gasteiger partial charge >= 0.3 is 0 Å². The maximum absolute atomic E-state index is 5.30. The molecule has 0 saturated carbocycles. The van der Waals surface area contributed by atoms with Crippen LogP contribution in [0.5, 0.6) is 5.75 Å². The number of benzene rings is 1. The van der Waals surface area contributed by atoms with Gasteiger partial charge in [-0.05, 0) is 57.1 Å². The van der Waals surface area contributed by atoms with Crippen molar-refractivity contribution in [3.8, 4) is 5.75 Å². The minimum Gasteiger partial charge on any atom is -0.497 e. The number of methoxy groups -OCH3 is 1. The van der Waals surface area contributed by atoms with Crippen molar-refractivity contribution in [3.05, 3.63) is 23.2 Å². The molecule has 1 atom stereocenters. The zero-order valence-electron chi connectivity index (χ0n) is 13.9. The predicted octanol–water partition coefficient (Wildman–Crippen LogP) is 3.69. The van der Waals surface area contributed by atoms with Crippen LogP contribution in [0.1, 0.15) is 31.2 Å². The third-order valence-electron chi connectivity index (χ3n) is 4.45. The third-order valence-corrected chi connectivity index (χ3v) is 5.45. The largest absolute Gasteiger partial charge is 0.497 e. The van der Waals surface area contributed by atoms with Crippen LogP contribution >= 0.6 is 23.7 Å². The van der Waals surface area contributed by atoms with E-state index in [4.69, 9.17) is 9.72 Å². The molecule has 1 fully saturated rings. The number of thiazole rings is 1. The van der Waals surface area contributed by atoms with Gasteiger partial charge in [-0.2, -0.15) is 0 Å². The van der Waals surface area contributed by atoms with Crippen molar-refractivity contribution in [1.29, 1.82) is 0 Å². The van der Waals surface area contributed by atoms with Crippen LogP contribution in [0.15, 0.2) is 18.2 Å². The second-order valence-corrected chi connectivity index (χ2v) is 6.95. The summed E-state index contributed by atoms with van der Waals surface area (Å²) in [5, 5.41) is 4.71. The number of ether oxygens (including phenoxy) is 1. The summed E-state index contributed by atoms with van der Waals surface area (Å²) in [5.74, 6) is 0.907. The van der Waals surface area contributed by atoms with Gasteiger partial charge in [0.25, 0.3) is 0 Å². The Kier molecular flexibility index (Phi) is 7.09. The topological polar surface area (TPSA) is 37.4 Å². The van der Waals surface area contributed by atoms with Crippen molar-refractivity contribution in [3.63, 3.8) is 0 Å². The van der Waals surface area contributed by atoms with Gasteiger partial charge in [0, 0.05) is 6.04 Å². The van der Waals surface area contributed by atoms with Crippen LogP contribution in [-0.2, 0) is 6.54 Å². The summed E-state index contributed by atoms with van der Waals surface area (Å²) in [5.41, 5.74) is 1.08. The van der Waals surface area contributed by atoms with E-state index in [1.54, 1.807) is 18.4 Å². The molecule has 4 nitrogen and oxygen atoms in total. The minimum absolute atomic E-state index is 0. The van der Waals surface area contributed by atoms with E-state index in [1.165, 1.54) is 29.0 Å². The quantitative estimate of drug-likeness (QED) is 0.887. The zero-order valence-corrected chi connectivity index (χ0v) is 15.5. The average Bonchev–Trinajstić information content (AvgIpc) is 2.75. The molecule has 1 aliphatic rings. The Morgan fingerprint density at radius 1 is 1.35 bits per heavy atom. The lowest BCUT2D eigenvalue weighted by Gasteiger charge is -2.28. The van der Waals surface area contributed by atoms with Crippen molar-refractivity contribution in [2.75, 3.05) is 26.7 Å². The fraction of sp³-hybridized carbons (Fsp3) is 0.588. The first kappa shape index (κ1) is 18.5. The fourth-order valence-electron chi connectivity index (χ4n) is 3.19. The summed E-state index contributed by atoms with van der Waals surface area (Å²) in [7, 11) is 1.71. The Balaban J connectivity index is 0.00000192. The molecule has 0 bridgehead atoms. The van der Waals surface area contributed by atoms with Gasteiger partial charge in [0.05, 0.1) is 23.9 Å². The third kappa shape index (κ3) is 4.57. The highest BCUT2D eigenvalue weighted by Gasteiger charge is 2.20. The van der Waals surface area contributed by atoms with E-state index in [9.17, 15) is 0 Å². The highest BCUT2D eigenvalue weighted by Crippen LogP contribution is 2.28. The lowest BCUT2D eigenvalue weighted by molar-refractivity contribution is 0.182. The van der Waals surface area contributed by atoms with Crippen molar-refractivity contribution < 1.29 is 4.74 Å². The van der Waals surface area contributed by atoms with E-state index in [-0.39, 0.29) is 12.4 Å². The summed E-state index contributed by atoms with van der Waals surface area (Å²) in [4.78, 5) is 7.39. The highest BCUT2D eigenvalue weighted by molar-refractivity contribution is 7.18. The second-order valence-electron chi connectivity index (χ2n) is 5.84. The Bertz CT molecular complexity index is 611. The molecule has 0 amide bonds. The van der Waals surface area contributed by atoms with E-state index < -0.39 is 0 Å². The van der Waals surface area contributed by atoms with Crippen molar-refractivity contribution in [2.24, 2.45) is 0 Å². The molecule has 1 N–H and O–H groups in total. The lowest BCUT2D eigenvalue weighted by atomic mass is 10.1. The van der Waals surface area contributed by atoms with Gasteiger partial charge in [-0.15, -0.1) is 23.7 Å². The van der Waals surface area contributed by atoms with E-state index in [0.717, 1.165) is 37.4 Å². The Morgan fingerprint density at radius 2 is 2.22 bits per heavy atom. The molecule has 0 spiro atoms. The van der Waals surface area contributed by atoms with Gasteiger partial charge in [0.1, 0.15) is 10.8 Å². The Hall–Kier alpha value is -0.880. The molecule has 6 heteroatoms. The zero-order chi connectivity index (χ0) is 15.4. The molecule has 1 unspecified atom stereocenters. The SMILES string of the molecule is CCN(Cc1nc2ccc(OC)cc2s1)C1CCCNCC1.Cl. The molecule has 2 heterocycles. The van der Waals surface area contributed by atoms with Crippen molar-refractivity contribution in [1.82, 2.24) is 15.2 Å². The number of nitrogens with one attached hydrogen (secondary N) is 1. The van der Waals surface area contributed by atoms with E-state index in [0.29, 0.717) is 6.04 Å². The standard InChI is InChI=1S/C17H25N3OS.ClH/c1-3-20(13-5-4-9-18-10-8-13)12-17-19-15-7-6-14(21-2)11-16(15)22-17;/h6-7,11,13,18H,3-5,8-10,12H2,1-2H3;1H. The first-order valence-corrected chi connectivity index (χ1v) is 9.00. The van der Waals surface area contributed by atoms with Crippen molar-refractivity contribution in [2.45, 2.75) is 38.8 Å². The molecular formula is C17H26ClN3OS. The number of nitrogens with zero attached hydrogens (tertiary/aromatic N) is 2. The highest BCUT2D eigenvalue weighted by atomic mass is 35.5. The summed E-state index contributed by atoms with van der Waals surface area (Å²) in [6.45, 7) is 6.61. The molecule has 3 rings (SSSR count). The van der Waals surface area contributed by atoms with E-state index >= 15 is 0 Å². The predicted molar refractivity (Wildman–Crippen MR) is 100 cm³/mol. The number of halogens is 1. The molecule has 2 aromatic rings. The molecular weight excluding hydrogens is 330 g/mol. The van der Waals surface area contributed by atoms with E-state index in [1.807, 2.05) is 6.07 Å². The van der Waals surface area contributed by atoms with Crippen LogP contribution in [0.25, 0.3) is 10.2 Å². The number of hydrogen-bond donors (Lipinski definition) is 1. The fourth-order valence-corrected chi connectivity index (χ4v) is 4.21. The monoisotopic (exact) mass is 355 g/mol. The van der Waals surface area contributed by atoms with Gasteiger partial charge in [-0.3, -0.25) is 4.90 Å². The van der Waals surface area contributed by atoms with Crippen LogP contribution in [0, 0.1) is 0 Å². The van der Waals surface area contributed by atoms with Gasteiger partial charge in [0.15, 0.2) is 0 Å². The molecule has 128 valence electrons. The second kappa shape index (κ2) is 8.83. The maximum atomic E-state index is 5.30. The van der Waals surface area contributed by atoms with Crippen LogP contribution in [0.2, 0.25) is 0 Å². The normalized spacial score (nSPS) is 18.7. The number of aromatic nitrogens is 1. The molecule has 1 aromatic carbocycles. The number of fused-ring (bicyclic) bond motifs is 1. The average molecular weight is 356 g/mol. The number of rotatable bonds is 5. The van der Waals surface area contributed by atoms with Crippen LogP contribution in [-0.4, -0.2) is 42.7 Å². The maximum Gasteiger partial charge on any atom is 0.120 e. The van der Waals surface area contributed by atoms with Crippen molar-refractivity contribution >= 4 is 34.0 Å². The Morgan fingerprint density at radius 3 is 3.00 bits per heavy atom. The van der Waals surface area contributed by atoms with Crippen LogP contribution in [0.4, 0.5) is 0 Å². The van der Waals surface area contributed by atoms with Gasteiger partial charge < -0.3 is 10.1 Å². The molecule has 1 aromatic heterocycles. The van der Waals surface area contributed by atoms with E-state index in [2.05, 4.69) is 29.3 Å². The Labute approximate surface area is 148 Å². The lowest BCUT2D eigenvalue weighted by Crippen LogP contribution is -2.35.